The van der Waals surface area contributed by atoms with Crippen LogP contribution < -0.4 is 4.90 Å². The molecule has 3 heteroatoms. The highest BCUT2D eigenvalue weighted by Gasteiger charge is 2.39. The Morgan fingerprint density at radius 2 is 2.05 bits per heavy atom. The van der Waals surface area contributed by atoms with Crippen LogP contribution in [0.2, 0.25) is 5.02 Å². The fourth-order valence-corrected chi connectivity index (χ4v) is 3.83. The predicted octanol–water partition coefficient (Wildman–Crippen LogP) is 4.30. The number of nitrogens with zero attached hydrogens (tertiary/aromatic N) is 1. The third-order valence-electron chi connectivity index (χ3n) is 4.90. The summed E-state index contributed by atoms with van der Waals surface area (Å²) in [7, 11) is 0. The van der Waals surface area contributed by atoms with Crippen molar-refractivity contribution in [1.29, 1.82) is 0 Å². The first-order chi connectivity index (χ1) is 9.72. The van der Waals surface area contributed by atoms with Crippen LogP contribution in [-0.4, -0.2) is 26.3 Å². The molecule has 2 aliphatic rings. The van der Waals surface area contributed by atoms with Crippen LogP contribution >= 0.6 is 11.6 Å². The van der Waals surface area contributed by atoms with Gasteiger partial charge in [0.15, 0.2) is 0 Å². The van der Waals surface area contributed by atoms with Crippen molar-refractivity contribution in [1.82, 2.24) is 0 Å². The van der Waals surface area contributed by atoms with Crippen molar-refractivity contribution in [3.05, 3.63) is 28.8 Å². The second kappa shape index (κ2) is 5.95. The van der Waals surface area contributed by atoms with Gasteiger partial charge in [-0.3, -0.25) is 0 Å². The number of benzene rings is 1. The average molecular weight is 294 g/mol. The summed E-state index contributed by atoms with van der Waals surface area (Å²) in [5.74, 6) is 0. The van der Waals surface area contributed by atoms with Crippen LogP contribution in [0.25, 0.3) is 0 Å². The summed E-state index contributed by atoms with van der Waals surface area (Å²) in [6.07, 6.45) is 6.05. The Morgan fingerprint density at radius 3 is 2.80 bits per heavy atom. The maximum absolute atomic E-state index is 6.23. The van der Waals surface area contributed by atoms with Gasteiger partial charge in [0.1, 0.15) is 0 Å². The van der Waals surface area contributed by atoms with E-state index >= 15 is 0 Å². The molecule has 0 unspecified atom stereocenters. The molecule has 0 atom stereocenters. The Balaban J connectivity index is 1.81. The first-order valence-corrected chi connectivity index (χ1v) is 8.21. The van der Waals surface area contributed by atoms with E-state index in [4.69, 9.17) is 16.3 Å². The summed E-state index contributed by atoms with van der Waals surface area (Å²) >= 11 is 6.23. The van der Waals surface area contributed by atoms with Crippen LogP contribution in [0.4, 0.5) is 5.69 Å². The van der Waals surface area contributed by atoms with E-state index in [2.05, 4.69) is 24.0 Å². The summed E-state index contributed by atoms with van der Waals surface area (Å²) in [5.41, 5.74) is 3.30. The molecular weight excluding hydrogens is 270 g/mol. The SMILES string of the molecule is CCCc1ccc(Cl)cc1N1CCC2(CCOCC2)C1. The van der Waals surface area contributed by atoms with Crippen molar-refractivity contribution in [3.63, 3.8) is 0 Å². The Kier molecular flexibility index (Phi) is 4.23. The second-order valence-corrected chi connectivity index (χ2v) is 6.74. The summed E-state index contributed by atoms with van der Waals surface area (Å²) in [6.45, 7) is 6.45. The van der Waals surface area contributed by atoms with Gasteiger partial charge in [0.05, 0.1) is 0 Å². The molecule has 2 aliphatic heterocycles. The fraction of sp³-hybridized carbons (Fsp3) is 0.647. The lowest BCUT2D eigenvalue weighted by molar-refractivity contribution is 0.0254. The minimum atomic E-state index is 0.490. The summed E-state index contributed by atoms with van der Waals surface area (Å²) in [6, 6.07) is 6.39. The zero-order chi connectivity index (χ0) is 14.0. The molecule has 0 amide bonds. The monoisotopic (exact) mass is 293 g/mol. The van der Waals surface area contributed by atoms with Gasteiger partial charge in [0.2, 0.25) is 0 Å². The molecule has 1 aromatic rings. The zero-order valence-electron chi connectivity index (χ0n) is 12.3. The van der Waals surface area contributed by atoms with Crippen molar-refractivity contribution in [2.75, 3.05) is 31.2 Å². The molecule has 0 aromatic heterocycles. The van der Waals surface area contributed by atoms with Gasteiger partial charge in [-0.15, -0.1) is 0 Å². The molecule has 0 N–H and O–H groups in total. The Bertz CT molecular complexity index is 468. The lowest BCUT2D eigenvalue weighted by Crippen LogP contribution is -2.33. The van der Waals surface area contributed by atoms with Gasteiger partial charge in [0, 0.05) is 37.0 Å². The van der Waals surface area contributed by atoms with E-state index in [0.717, 1.165) is 31.2 Å². The topological polar surface area (TPSA) is 12.5 Å². The average Bonchev–Trinajstić information content (AvgIpc) is 2.85. The Morgan fingerprint density at radius 1 is 1.25 bits per heavy atom. The van der Waals surface area contributed by atoms with Crippen molar-refractivity contribution in [2.45, 2.75) is 39.0 Å². The van der Waals surface area contributed by atoms with Crippen molar-refractivity contribution in [2.24, 2.45) is 5.41 Å². The summed E-state index contributed by atoms with van der Waals surface area (Å²) < 4.78 is 5.54. The quantitative estimate of drug-likeness (QED) is 0.824. The molecular formula is C17H24ClNO. The molecule has 0 radical (unpaired) electrons. The zero-order valence-corrected chi connectivity index (χ0v) is 13.1. The van der Waals surface area contributed by atoms with Gasteiger partial charge in [-0.05, 0) is 48.8 Å². The summed E-state index contributed by atoms with van der Waals surface area (Å²) in [4.78, 5) is 2.56. The lowest BCUT2D eigenvalue weighted by atomic mass is 9.80. The number of halogens is 1. The molecule has 0 bridgehead atoms. The number of anilines is 1. The van der Waals surface area contributed by atoms with Crippen LogP contribution in [0.15, 0.2) is 18.2 Å². The number of rotatable bonds is 3. The molecule has 1 aromatic carbocycles. The minimum Gasteiger partial charge on any atom is -0.381 e. The van der Waals surface area contributed by atoms with Crippen LogP contribution in [0.5, 0.6) is 0 Å². The van der Waals surface area contributed by atoms with E-state index in [1.165, 1.54) is 43.5 Å². The molecule has 2 saturated heterocycles. The first kappa shape index (κ1) is 14.2. The predicted molar refractivity (Wildman–Crippen MR) is 84.8 cm³/mol. The Labute approximate surface area is 127 Å². The number of hydrogen-bond donors (Lipinski definition) is 0. The van der Waals surface area contributed by atoms with Crippen molar-refractivity contribution < 1.29 is 4.74 Å². The number of aryl methyl sites for hydroxylation is 1. The van der Waals surface area contributed by atoms with Crippen molar-refractivity contribution >= 4 is 17.3 Å². The van der Waals surface area contributed by atoms with Crippen LogP contribution in [0.3, 0.4) is 0 Å². The molecule has 2 nitrogen and oxygen atoms in total. The molecule has 2 heterocycles. The van der Waals surface area contributed by atoms with Gasteiger partial charge >= 0.3 is 0 Å². The first-order valence-electron chi connectivity index (χ1n) is 7.84. The van der Waals surface area contributed by atoms with E-state index < -0.39 is 0 Å². The lowest BCUT2D eigenvalue weighted by Gasteiger charge is -2.33. The Hall–Kier alpha value is -0.730. The minimum absolute atomic E-state index is 0.490. The number of ether oxygens (including phenoxy) is 1. The highest BCUT2D eigenvalue weighted by molar-refractivity contribution is 6.30. The van der Waals surface area contributed by atoms with E-state index in [1.54, 1.807) is 0 Å². The fourth-order valence-electron chi connectivity index (χ4n) is 3.67. The summed E-state index contributed by atoms with van der Waals surface area (Å²) in [5, 5.41) is 0.854. The van der Waals surface area contributed by atoms with Gasteiger partial charge in [-0.25, -0.2) is 0 Å². The highest BCUT2D eigenvalue weighted by Crippen LogP contribution is 2.42. The van der Waals surface area contributed by atoms with Crippen LogP contribution in [-0.2, 0) is 11.2 Å². The molecule has 2 fully saturated rings. The maximum Gasteiger partial charge on any atom is 0.0472 e. The third kappa shape index (κ3) is 2.82. The van der Waals surface area contributed by atoms with E-state index in [9.17, 15) is 0 Å². The smallest absolute Gasteiger partial charge is 0.0472 e. The van der Waals surface area contributed by atoms with E-state index in [1.807, 2.05) is 6.07 Å². The molecule has 110 valence electrons. The molecule has 0 aliphatic carbocycles. The third-order valence-corrected chi connectivity index (χ3v) is 5.13. The molecule has 20 heavy (non-hydrogen) atoms. The van der Waals surface area contributed by atoms with E-state index in [0.29, 0.717) is 5.41 Å². The van der Waals surface area contributed by atoms with Gasteiger partial charge < -0.3 is 9.64 Å². The van der Waals surface area contributed by atoms with Crippen LogP contribution in [0.1, 0.15) is 38.2 Å². The standard InChI is InChI=1S/C17H24ClNO/c1-2-3-14-4-5-15(18)12-16(14)19-9-6-17(13-19)7-10-20-11-8-17/h4-5,12H,2-3,6-11,13H2,1H3. The van der Waals surface area contributed by atoms with Gasteiger partial charge in [0.25, 0.3) is 0 Å². The molecule has 0 saturated carbocycles. The van der Waals surface area contributed by atoms with Crippen LogP contribution in [0, 0.1) is 5.41 Å². The number of hydrogen-bond acceptors (Lipinski definition) is 2. The largest absolute Gasteiger partial charge is 0.381 e. The maximum atomic E-state index is 6.23. The normalized spacial score (nSPS) is 21.6. The van der Waals surface area contributed by atoms with Gasteiger partial charge in [-0.1, -0.05) is 31.0 Å². The second-order valence-electron chi connectivity index (χ2n) is 6.31. The van der Waals surface area contributed by atoms with Crippen molar-refractivity contribution in [3.8, 4) is 0 Å². The molecule has 3 rings (SSSR count). The van der Waals surface area contributed by atoms with Gasteiger partial charge in [-0.2, -0.15) is 0 Å². The molecule has 1 spiro atoms. The highest BCUT2D eigenvalue weighted by atomic mass is 35.5. The van der Waals surface area contributed by atoms with E-state index in [-0.39, 0.29) is 0 Å².